The topological polar surface area (TPSA) is 42.7 Å². The van der Waals surface area contributed by atoms with Gasteiger partial charge in [0, 0.05) is 43.3 Å². The molecule has 0 aromatic carbocycles. The third-order valence-electron chi connectivity index (χ3n) is 2.65. The Morgan fingerprint density at radius 3 is 3.06 bits per heavy atom. The van der Waals surface area contributed by atoms with Gasteiger partial charge in [0.1, 0.15) is 0 Å². The molecule has 86 valence electrons. The monoisotopic (exact) mass is 236 g/mol. The van der Waals surface area contributed by atoms with Gasteiger partial charge in [-0.05, 0) is 13.0 Å². The van der Waals surface area contributed by atoms with E-state index in [0.29, 0.717) is 6.04 Å². The van der Waals surface area contributed by atoms with E-state index < -0.39 is 0 Å². The molecule has 2 aromatic heterocycles. The average Bonchev–Trinajstić information content (AvgIpc) is 2.90. The van der Waals surface area contributed by atoms with Gasteiger partial charge in [0.05, 0.1) is 11.2 Å². The number of aromatic nitrogens is 3. The molecule has 5 heteroatoms. The fraction of sp³-hybridized carbons (Fsp3) is 0.455. The summed E-state index contributed by atoms with van der Waals surface area (Å²) in [5.41, 5.74) is 4.24. The third kappa shape index (κ3) is 2.68. The molecule has 0 saturated carbocycles. The Kier molecular flexibility index (Phi) is 3.69. The lowest BCUT2D eigenvalue weighted by Gasteiger charge is -2.11. The van der Waals surface area contributed by atoms with Crippen molar-refractivity contribution in [1.29, 1.82) is 0 Å². The summed E-state index contributed by atoms with van der Waals surface area (Å²) in [6.45, 7) is 3.08. The van der Waals surface area contributed by atoms with Crippen LogP contribution in [0.25, 0.3) is 0 Å². The highest BCUT2D eigenvalue weighted by molar-refractivity contribution is 7.07. The van der Waals surface area contributed by atoms with Gasteiger partial charge in [0.25, 0.3) is 0 Å². The van der Waals surface area contributed by atoms with E-state index >= 15 is 0 Å². The average molecular weight is 236 g/mol. The second kappa shape index (κ2) is 5.23. The zero-order valence-electron chi connectivity index (χ0n) is 9.55. The number of hydrogen-bond acceptors (Lipinski definition) is 4. The van der Waals surface area contributed by atoms with Crippen LogP contribution < -0.4 is 5.32 Å². The zero-order chi connectivity index (χ0) is 11.4. The number of thiazole rings is 1. The lowest BCUT2D eigenvalue weighted by molar-refractivity contribution is 0.555. The Hall–Kier alpha value is -1.20. The van der Waals surface area contributed by atoms with Crippen molar-refractivity contribution in [1.82, 2.24) is 20.1 Å². The van der Waals surface area contributed by atoms with Gasteiger partial charge in [-0.1, -0.05) is 0 Å². The van der Waals surface area contributed by atoms with Crippen molar-refractivity contribution in [2.75, 3.05) is 6.54 Å². The number of hydrogen-bond donors (Lipinski definition) is 1. The number of aryl methyl sites for hydroxylation is 1. The van der Waals surface area contributed by atoms with Gasteiger partial charge in [-0.3, -0.25) is 4.68 Å². The summed E-state index contributed by atoms with van der Waals surface area (Å²) in [4.78, 5) is 4.29. The van der Waals surface area contributed by atoms with Crippen molar-refractivity contribution in [2.24, 2.45) is 7.05 Å². The van der Waals surface area contributed by atoms with Crippen LogP contribution >= 0.6 is 11.3 Å². The van der Waals surface area contributed by atoms with Gasteiger partial charge in [-0.25, -0.2) is 4.98 Å². The van der Waals surface area contributed by atoms with Gasteiger partial charge >= 0.3 is 0 Å². The maximum absolute atomic E-state index is 4.29. The van der Waals surface area contributed by atoms with Crippen LogP contribution in [0.15, 0.2) is 23.2 Å². The summed E-state index contributed by atoms with van der Waals surface area (Å²) in [6, 6.07) is 2.37. The first-order chi connectivity index (χ1) is 7.77. The van der Waals surface area contributed by atoms with Crippen molar-refractivity contribution in [2.45, 2.75) is 19.4 Å². The number of nitrogens with zero attached hydrogens (tertiary/aromatic N) is 3. The van der Waals surface area contributed by atoms with E-state index in [4.69, 9.17) is 0 Å². The predicted octanol–water partition coefficient (Wildman–Crippen LogP) is 1.77. The quantitative estimate of drug-likeness (QED) is 0.860. The Balaban J connectivity index is 1.78. The van der Waals surface area contributed by atoms with Crippen molar-refractivity contribution in [3.8, 4) is 0 Å². The highest BCUT2D eigenvalue weighted by Gasteiger charge is 2.06. The van der Waals surface area contributed by atoms with Gasteiger partial charge in [-0.2, -0.15) is 5.10 Å². The van der Waals surface area contributed by atoms with E-state index in [-0.39, 0.29) is 0 Å². The number of rotatable bonds is 5. The maximum atomic E-state index is 4.29. The summed E-state index contributed by atoms with van der Waals surface area (Å²) in [7, 11) is 1.97. The first kappa shape index (κ1) is 11.3. The summed E-state index contributed by atoms with van der Waals surface area (Å²) in [6.07, 6.45) is 2.82. The van der Waals surface area contributed by atoms with E-state index in [1.165, 1.54) is 5.69 Å². The van der Waals surface area contributed by atoms with E-state index in [1.54, 1.807) is 11.3 Å². The van der Waals surface area contributed by atoms with E-state index in [1.807, 2.05) is 23.4 Å². The Morgan fingerprint density at radius 1 is 1.56 bits per heavy atom. The molecule has 0 bridgehead atoms. The van der Waals surface area contributed by atoms with Crippen LogP contribution in [0, 0.1) is 0 Å². The third-order valence-corrected chi connectivity index (χ3v) is 3.25. The molecule has 2 rings (SSSR count). The lowest BCUT2D eigenvalue weighted by Crippen LogP contribution is -2.22. The summed E-state index contributed by atoms with van der Waals surface area (Å²) < 4.78 is 1.91. The van der Waals surface area contributed by atoms with E-state index in [0.717, 1.165) is 18.7 Å². The van der Waals surface area contributed by atoms with E-state index in [9.17, 15) is 0 Å². The first-order valence-corrected chi connectivity index (χ1v) is 6.30. The molecule has 2 heterocycles. The normalized spacial score (nSPS) is 12.9. The first-order valence-electron chi connectivity index (χ1n) is 5.35. The molecule has 0 aliphatic carbocycles. The van der Waals surface area contributed by atoms with Crippen LogP contribution in [0.3, 0.4) is 0 Å². The lowest BCUT2D eigenvalue weighted by atomic mass is 10.2. The molecule has 0 saturated heterocycles. The SMILES string of the molecule is CC(NCCc1ccnn1C)c1cscn1. The molecule has 0 radical (unpaired) electrons. The van der Waals surface area contributed by atoms with Gasteiger partial charge in [-0.15, -0.1) is 11.3 Å². The van der Waals surface area contributed by atoms with Crippen molar-refractivity contribution in [3.05, 3.63) is 34.5 Å². The molecular formula is C11H16N4S. The smallest absolute Gasteiger partial charge is 0.0795 e. The van der Waals surface area contributed by atoms with Crippen LogP contribution in [0.2, 0.25) is 0 Å². The predicted molar refractivity (Wildman–Crippen MR) is 65.4 cm³/mol. The molecule has 1 N–H and O–H groups in total. The van der Waals surface area contributed by atoms with Crippen molar-refractivity contribution in [3.63, 3.8) is 0 Å². The Morgan fingerprint density at radius 2 is 2.44 bits per heavy atom. The molecule has 2 aromatic rings. The maximum Gasteiger partial charge on any atom is 0.0795 e. The van der Waals surface area contributed by atoms with Crippen molar-refractivity contribution >= 4 is 11.3 Å². The Labute approximate surface area is 99.3 Å². The van der Waals surface area contributed by atoms with Crippen LogP contribution in [0.1, 0.15) is 24.4 Å². The molecular weight excluding hydrogens is 220 g/mol. The van der Waals surface area contributed by atoms with Gasteiger partial charge in [0.2, 0.25) is 0 Å². The van der Waals surface area contributed by atoms with Crippen LogP contribution in [-0.2, 0) is 13.5 Å². The number of nitrogens with one attached hydrogen (secondary N) is 1. The molecule has 1 unspecified atom stereocenters. The summed E-state index contributed by atoms with van der Waals surface area (Å²) >= 11 is 1.64. The van der Waals surface area contributed by atoms with Crippen LogP contribution in [-0.4, -0.2) is 21.3 Å². The molecule has 0 aliphatic heterocycles. The highest BCUT2D eigenvalue weighted by atomic mass is 32.1. The zero-order valence-corrected chi connectivity index (χ0v) is 10.4. The van der Waals surface area contributed by atoms with Gasteiger partial charge in [0.15, 0.2) is 0 Å². The molecule has 0 spiro atoms. The molecule has 1 atom stereocenters. The van der Waals surface area contributed by atoms with Crippen LogP contribution in [0.5, 0.6) is 0 Å². The molecule has 0 fully saturated rings. The summed E-state index contributed by atoms with van der Waals surface area (Å²) in [5.74, 6) is 0. The van der Waals surface area contributed by atoms with E-state index in [2.05, 4.69) is 33.8 Å². The minimum atomic E-state index is 0.319. The van der Waals surface area contributed by atoms with Gasteiger partial charge < -0.3 is 5.32 Å². The fourth-order valence-corrected chi connectivity index (χ4v) is 2.25. The second-order valence-corrected chi connectivity index (χ2v) is 4.50. The molecule has 0 aliphatic rings. The second-order valence-electron chi connectivity index (χ2n) is 3.79. The fourth-order valence-electron chi connectivity index (χ4n) is 1.60. The largest absolute Gasteiger partial charge is 0.308 e. The standard InChI is InChI=1S/C11H16N4S/c1-9(11-7-16-8-13-11)12-5-3-10-4-6-14-15(10)2/h4,6-9,12H,3,5H2,1-2H3. The molecule has 16 heavy (non-hydrogen) atoms. The minimum absolute atomic E-state index is 0.319. The summed E-state index contributed by atoms with van der Waals surface area (Å²) in [5, 5.41) is 9.68. The Bertz CT molecular complexity index is 421. The van der Waals surface area contributed by atoms with Crippen molar-refractivity contribution < 1.29 is 0 Å². The highest BCUT2D eigenvalue weighted by Crippen LogP contribution is 2.11. The molecule has 4 nitrogen and oxygen atoms in total. The molecule has 0 amide bonds. The van der Waals surface area contributed by atoms with Crippen LogP contribution in [0.4, 0.5) is 0 Å². The minimum Gasteiger partial charge on any atom is -0.308 e.